The van der Waals surface area contributed by atoms with Crippen LogP contribution < -0.4 is 10.0 Å². The topological polar surface area (TPSA) is 102 Å². The smallest absolute Gasteiger partial charge is 0.339 e. The van der Waals surface area contributed by atoms with E-state index in [0.717, 1.165) is 5.56 Å². The van der Waals surface area contributed by atoms with Crippen LogP contribution in [-0.4, -0.2) is 26.9 Å². The third-order valence-electron chi connectivity index (χ3n) is 4.52. The zero-order valence-electron chi connectivity index (χ0n) is 17.7. The van der Waals surface area contributed by atoms with Crippen LogP contribution in [0.25, 0.3) is 0 Å². The largest absolute Gasteiger partial charge is 0.462 e. The van der Waals surface area contributed by atoms with Crippen LogP contribution in [0.3, 0.4) is 0 Å². The van der Waals surface area contributed by atoms with E-state index in [4.69, 9.17) is 27.9 Å². The molecule has 3 aromatic carbocycles. The van der Waals surface area contributed by atoms with Crippen molar-refractivity contribution in [3.63, 3.8) is 0 Å². The Morgan fingerprint density at radius 2 is 1.55 bits per heavy atom. The van der Waals surface area contributed by atoms with Gasteiger partial charge in [0.15, 0.2) is 0 Å². The lowest BCUT2D eigenvalue weighted by atomic mass is 10.1. The maximum absolute atomic E-state index is 12.7. The second kappa shape index (κ2) is 10.2. The maximum atomic E-state index is 12.7. The third-order valence-corrected chi connectivity index (χ3v) is 6.56. The van der Waals surface area contributed by atoms with E-state index in [1.807, 2.05) is 6.92 Å². The van der Waals surface area contributed by atoms with Crippen LogP contribution in [0.5, 0.6) is 0 Å². The number of carbonyl (C=O) groups excluding carboxylic acids is 2. The molecule has 3 aromatic rings. The standard InChI is InChI=1S/C23H20Cl2N2O5S/c1-3-32-23(29)19-12-15(7-11-20(19)24)26-22(28)18-10-6-16(13-21(18)25)27-33(30,31)17-8-4-14(2)5-9-17/h4-13,27H,3H2,1-2H3,(H,26,28). The first kappa shape index (κ1) is 24.6. The number of hydrogen-bond acceptors (Lipinski definition) is 5. The second-order valence-electron chi connectivity index (χ2n) is 6.98. The number of carbonyl (C=O) groups is 2. The first-order valence-corrected chi connectivity index (χ1v) is 12.0. The fourth-order valence-electron chi connectivity index (χ4n) is 2.86. The Morgan fingerprint density at radius 3 is 2.18 bits per heavy atom. The van der Waals surface area contributed by atoms with Gasteiger partial charge >= 0.3 is 5.97 Å². The molecule has 0 aliphatic carbocycles. The molecule has 0 radical (unpaired) electrons. The van der Waals surface area contributed by atoms with Crippen LogP contribution in [0.2, 0.25) is 10.0 Å². The Kier molecular flexibility index (Phi) is 7.63. The zero-order valence-corrected chi connectivity index (χ0v) is 20.0. The molecule has 0 unspecified atom stereocenters. The number of rotatable bonds is 7. The minimum Gasteiger partial charge on any atom is -0.462 e. The highest BCUT2D eigenvalue weighted by atomic mass is 35.5. The van der Waals surface area contributed by atoms with E-state index in [1.54, 1.807) is 19.1 Å². The van der Waals surface area contributed by atoms with Gasteiger partial charge in [0.25, 0.3) is 15.9 Å². The van der Waals surface area contributed by atoms with Crippen molar-refractivity contribution in [3.05, 3.63) is 87.4 Å². The lowest BCUT2D eigenvalue weighted by molar-refractivity contribution is 0.0526. The van der Waals surface area contributed by atoms with Gasteiger partial charge in [0.05, 0.1) is 38.4 Å². The number of anilines is 2. The number of nitrogens with one attached hydrogen (secondary N) is 2. The van der Waals surface area contributed by atoms with Crippen molar-refractivity contribution in [3.8, 4) is 0 Å². The normalized spacial score (nSPS) is 11.0. The number of benzene rings is 3. The summed E-state index contributed by atoms with van der Waals surface area (Å²) in [4.78, 5) is 24.8. The molecule has 172 valence electrons. The van der Waals surface area contributed by atoms with Gasteiger partial charge in [0.1, 0.15) is 0 Å². The van der Waals surface area contributed by atoms with Gasteiger partial charge < -0.3 is 10.1 Å². The van der Waals surface area contributed by atoms with Gasteiger partial charge in [-0.15, -0.1) is 0 Å². The summed E-state index contributed by atoms with van der Waals surface area (Å²) in [5.74, 6) is -1.16. The molecule has 0 aliphatic heterocycles. The van der Waals surface area contributed by atoms with E-state index >= 15 is 0 Å². The molecule has 0 aliphatic rings. The van der Waals surface area contributed by atoms with E-state index in [-0.39, 0.29) is 38.4 Å². The molecule has 1 amide bonds. The highest BCUT2D eigenvalue weighted by Gasteiger charge is 2.18. The van der Waals surface area contributed by atoms with E-state index in [1.165, 1.54) is 48.5 Å². The predicted octanol–water partition coefficient (Wildman–Crippen LogP) is 5.53. The Labute approximate surface area is 201 Å². The van der Waals surface area contributed by atoms with Crippen LogP contribution in [0.15, 0.2) is 65.6 Å². The number of sulfonamides is 1. The molecule has 0 saturated heterocycles. The van der Waals surface area contributed by atoms with Gasteiger partial charge in [-0.1, -0.05) is 40.9 Å². The van der Waals surface area contributed by atoms with E-state index in [0.29, 0.717) is 5.69 Å². The summed E-state index contributed by atoms with van der Waals surface area (Å²) in [6.07, 6.45) is 0. The first-order valence-electron chi connectivity index (χ1n) is 9.78. The maximum Gasteiger partial charge on any atom is 0.339 e. The average molecular weight is 507 g/mol. The molecular formula is C23H20Cl2N2O5S. The van der Waals surface area contributed by atoms with Crippen molar-refractivity contribution < 1.29 is 22.7 Å². The van der Waals surface area contributed by atoms with Crippen molar-refractivity contribution in [1.29, 1.82) is 0 Å². The summed E-state index contributed by atoms with van der Waals surface area (Å²) in [7, 11) is -3.82. The molecule has 0 spiro atoms. The third kappa shape index (κ3) is 6.04. The number of amides is 1. The molecule has 0 fully saturated rings. The molecule has 33 heavy (non-hydrogen) atoms. The summed E-state index contributed by atoms with van der Waals surface area (Å²) >= 11 is 12.3. The summed E-state index contributed by atoms with van der Waals surface area (Å²) in [5, 5.41) is 2.86. The molecule has 0 atom stereocenters. The van der Waals surface area contributed by atoms with Crippen LogP contribution in [0.4, 0.5) is 11.4 Å². The Balaban J connectivity index is 1.77. The fourth-order valence-corrected chi connectivity index (χ4v) is 4.37. The lowest BCUT2D eigenvalue weighted by Gasteiger charge is -2.12. The lowest BCUT2D eigenvalue weighted by Crippen LogP contribution is -2.15. The molecular weight excluding hydrogens is 487 g/mol. The molecule has 2 N–H and O–H groups in total. The molecule has 7 nitrogen and oxygen atoms in total. The molecule has 3 rings (SSSR count). The highest BCUT2D eigenvalue weighted by molar-refractivity contribution is 7.92. The molecule has 0 aromatic heterocycles. The zero-order chi connectivity index (χ0) is 24.2. The van der Waals surface area contributed by atoms with Crippen molar-refractivity contribution in [1.82, 2.24) is 0 Å². The van der Waals surface area contributed by atoms with E-state index < -0.39 is 21.9 Å². The minimum atomic E-state index is -3.82. The summed E-state index contributed by atoms with van der Waals surface area (Å²) in [5.41, 5.74) is 1.68. The predicted molar refractivity (Wildman–Crippen MR) is 129 cm³/mol. The molecule has 0 bridgehead atoms. The first-order chi connectivity index (χ1) is 15.6. The van der Waals surface area contributed by atoms with Crippen LogP contribution in [-0.2, 0) is 14.8 Å². The minimum absolute atomic E-state index is 0.0381. The summed E-state index contributed by atoms with van der Waals surface area (Å²) in [6, 6.07) is 14.9. The summed E-state index contributed by atoms with van der Waals surface area (Å²) in [6.45, 7) is 3.71. The van der Waals surface area contributed by atoms with Gasteiger partial charge in [0, 0.05) is 5.69 Å². The van der Waals surface area contributed by atoms with Crippen molar-refractivity contribution >= 4 is 56.5 Å². The van der Waals surface area contributed by atoms with Crippen molar-refractivity contribution in [2.24, 2.45) is 0 Å². The fraction of sp³-hybridized carbons (Fsp3) is 0.130. The number of esters is 1. The van der Waals surface area contributed by atoms with Gasteiger partial charge in [-0.2, -0.15) is 0 Å². The Bertz CT molecular complexity index is 1310. The number of aryl methyl sites for hydroxylation is 1. The van der Waals surface area contributed by atoms with Crippen LogP contribution in [0.1, 0.15) is 33.2 Å². The van der Waals surface area contributed by atoms with Crippen molar-refractivity contribution in [2.75, 3.05) is 16.6 Å². The highest BCUT2D eigenvalue weighted by Crippen LogP contribution is 2.26. The quantitative estimate of drug-likeness (QED) is 0.410. The Hall–Kier alpha value is -3.07. The molecule has 10 heteroatoms. The summed E-state index contributed by atoms with van der Waals surface area (Å²) < 4.78 is 32.5. The van der Waals surface area contributed by atoms with Gasteiger partial charge in [0.2, 0.25) is 0 Å². The van der Waals surface area contributed by atoms with Crippen LogP contribution in [0, 0.1) is 6.92 Å². The van der Waals surface area contributed by atoms with Gasteiger partial charge in [-0.3, -0.25) is 9.52 Å². The molecule has 0 heterocycles. The second-order valence-corrected chi connectivity index (χ2v) is 9.48. The van der Waals surface area contributed by atoms with Crippen molar-refractivity contribution in [2.45, 2.75) is 18.7 Å². The number of halogens is 2. The van der Waals surface area contributed by atoms with Crippen LogP contribution >= 0.6 is 23.2 Å². The average Bonchev–Trinajstić information content (AvgIpc) is 2.75. The molecule has 0 saturated carbocycles. The van der Waals surface area contributed by atoms with E-state index in [2.05, 4.69) is 10.0 Å². The van der Waals surface area contributed by atoms with Gasteiger partial charge in [-0.05, 0) is 62.4 Å². The number of hydrogen-bond donors (Lipinski definition) is 2. The number of ether oxygens (including phenoxy) is 1. The van der Waals surface area contributed by atoms with Gasteiger partial charge in [-0.25, -0.2) is 13.2 Å². The SMILES string of the molecule is CCOC(=O)c1cc(NC(=O)c2ccc(NS(=O)(=O)c3ccc(C)cc3)cc2Cl)ccc1Cl. The monoisotopic (exact) mass is 506 g/mol. The Morgan fingerprint density at radius 1 is 0.879 bits per heavy atom. The van der Waals surface area contributed by atoms with E-state index in [9.17, 15) is 18.0 Å².